The number of rotatable bonds is 8. The van der Waals surface area contributed by atoms with Gasteiger partial charge in [0.15, 0.2) is 0 Å². The second kappa shape index (κ2) is 39.5. The molecule has 0 aliphatic carbocycles. The van der Waals surface area contributed by atoms with Crippen molar-refractivity contribution < 1.29 is 89.1 Å². The molecule has 2 aromatic carbocycles. The van der Waals surface area contributed by atoms with E-state index in [2.05, 4.69) is 71.6 Å². The molecule has 0 saturated heterocycles. The standard InChI is InChI=1S/2C8H7N.2C5H10O2.2C2H6OS.2Na.S/c2*1-2-4-8-7(3-1)5-6-9-8;2*1-2-3-4-5(6)7;2*3-1-2-4;;;/h2*1-6,9H;2*2-4H2,1H3,(H,6,7);2*3-4H,1-2H2;;;/q;;;;;;2*+1;-2. The molecule has 2 aromatic heterocycles. The summed E-state index contributed by atoms with van der Waals surface area (Å²) < 4.78 is 0. The Hall–Kier alpha value is -0.570. The van der Waals surface area contributed by atoms with E-state index in [1.807, 2.05) is 50.5 Å². The van der Waals surface area contributed by atoms with Crippen LogP contribution in [0.1, 0.15) is 52.4 Å². The van der Waals surface area contributed by atoms with E-state index < -0.39 is 11.9 Å². The number of hydrogen-bond acceptors (Lipinski definition) is 6. The minimum atomic E-state index is -0.693. The van der Waals surface area contributed by atoms with Gasteiger partial charge in [0.2, 0.25) is 0 Å². The van der Waals surface area contributed by atoms with Crippen LogP contribution in [-0.2, 0) is 23.1 Å². The van der Waals surface area contributed by atoms with Crippen LogP contribution in [0.3, 0.4) is 0 Å². The molecule has 4 aromatic rings. The second-order valence-electron chi connectivity index (χ2n) is 8.02. The zero-order valence-corrected chi connectivity index (χ0v) is 32.5. The third kappa shape index (κ3) is 34.1. The maximum Gasteiger partial charge on any atom is 1.00 e. The van der Waals surface area contributed by atoms with Gasteiger partial charge in [-0.15, -0.1) is 0 Å². The van der Waals surface area contributed by atoms with Crippen LogP contribution in [-0.4, -0.2) is 67.1 Å². The second-order valence-corrected chi connectivity index (χ2v) is 8.91. The van der Waals surface area contributed by atoms with Gasteiger partial charge in [-0.25, -0.2) is 0 Å². The predicted octanol–water partition coefficient (Wildman–Crippen LogP) is 0.681. The number of aliphatic hydroxyl groups is 2. The Morgan fingerprint density at radius 1 is 0.651 bits per heavy atom. The fourth-order valence-corrected chi connectivity index (χ4v) is 2.65. The van der Waals surface area contributed by atoms with Crippen LogP contribution < -0.4 is 59.1 Å². The average Bonchev–Trinajstić information content (AvgIpc) is 3.66. The SMILES string of the molecule is CCCCC(=O)O.CCCCC(=O)O.OCCS.OCCS.[Na+].[Na+].[S-2].c1ccc2[nH]ccc2c1.c1ccc2[nH]ccc2c1. The maximum absolute atomic E-state index is 9.76. The molecule has 0 aliphatic rings. The first-order valence-electron chi connectivity index (χ1n) is 13.2. The number of carboxylic acid groups (broad SMARTS) is 2. The van der Waals surface area contributed by atoms with E-state index in [1.165, 1.54) is 21.8 Å². The summed E-state index contributed by atoms with van der Waals surface area (Å²) in [5.41, 5.74) is 2.41. The van der Waals surface area contributed by atoms with Crippen LogP contribution in [0.15, 0.2) is 73.1 Å². The Labute approximate surface area is 318 Å². The molecule has 0 bridgehead atoms. The van der Waals surface area contributed by atoms with Gasteiger partial charge in [-0.1, -0.05) is 63.1 Å². The first-order chi connectivity index (χ1) is 19.3. The smallest absolute Gasteiger partial charge is 1.00 e. The van der Waals surface area contributed by atoms with Gasteiger partial charge in [0.05, 0.1) is 13.2 Å². The third-order valence-electron chi connectivity index (χ3n) is 4.61. The number of thiol groups is 2. The van der Waals surface area contributed by atoms with E-state index in [0.29, 0.717) is 24.3 Å². The summed E-state index contributed by atoms with van der Waals surface area (Å²) in [5.74, 6) is -0.247. The predicted molar refractivity (Wildman–Crippen MR) is 180 cm³/mol. The van der Waals surface area contributed by atoms with E-state index in [0.717, 1.165) is 25.7 Å². The molecule has 0 fully saturated rings. The van der Waals surface area contributed by atoms with E-state index in [-0.39, 0.29) is 85.8 Å². The first-order valence-corrected chi connectivity index (χ1v) is 14.5. The Balaban J connectivity index is -0.000000136. The Bertz CT molecular complexity index is 981. The number of fused-ring (bicyclic) bond motifs is 2. The van der Waals surface area contributed by atoms with Gasteiger partial charge < -0.3 is 43.9 Å². The number of carbonyl (C=O) groups is 2. The molecule has 232 valence electrons. The van der Waals surface area contributed by atoms with Gasteiger partial charge in [0.1, 0.15) is 0 Å². The van der Waals surface area contributed by atoms with E-state index >= 15 is 0 Å². The summed E-state index contributed by atoms with van der Waals surface area (Å²) in [6.07, 6.45) is 8.06. The number of aromatic nitrogens is 2. The molecule has 2 heterocycles. The van der Waals surface area contributed by atoms with Crippen LogP contribution in [0.5, 0.6) is 0 Å². The van der Waals surface area contributed by atoms with Crippen molar-refractivity contribution in [3.8, 4) is 0 Å². The van der Waals surface area contributed by atoms with Gasteiger partial charge in [0.25, 0.3) is 0 Å². The van der Waals surface area contributed by atoms with E-state index in [1.54, 1.807) is 0 Å². The average molecular weight is 673 g/mol. The largest absolute Gasteiger partial charge is 2.00 e. The van der Waals surface area contributed by atoms with E-state index in [9.17, 15) is 9.59 Å². The van der Waals surface area contributed by atoms with Crippen LogP contribution >= 0.6 is 25.3 Å². The molecule has 0 aliphatic heterocycles. The van der Waals surface area contributed by atoms with Gasteiger partial charge in [-0.05, 0) is 47.9 Å². The Kier molecular flexibility index (Phi) is 47.7. The molecule has 0 saturated carbocycles. The summed E-state index contributed by atoms with van der Waals surface area (Å²) in [4.78, 5) is 25.8. The maximum atomic E-state index is 9.76. The monoisotopic (exact) mass is 672 g/mol. The van der Waals surface area contributed by atoms with E-state index in [4.69, 9.17) is 20.4 Å². The fraction of sp³-hybridized carbons (Fsp3) is 0.400. The van der Waals surface area contributed by atoms with Crippen LogP contribution in [0, 0.1) is 0 Å². The Morgan fingerprint density at radius 3 is 1.16 bits per heavy atom. The topological polar surface area (TPSA) is 147 Å². The van der Waals surface area contributed by atoms with Crippen LogP contribution in [0.2, 0.25) is 0 Å². The molecule has 0 radical (unpaired) electrons. The van der Waals surface area contributed by atoms with Crippen LogP contribution in [0.4, 0.5) is 0 Å². The minimum absolute atomic E-state index is 0. The first kappa shape index (κ1) is 52.0. The number of H-pyrrole nitrogens is 2. The van der Waals surface area contributed by atoms with Gasteiger partial charge in [-0.3, -0.25) is 9.59 Å². The van der Waals surface area contributed by atoms with Crippen molar-refractivity contribution in [2.24, 2.45) is 0 Å². The zero-order chi connectivity index (χ0) is 30.4. The molecule has 43 heavy (non-hydrogen) atoms. The van der Waals surface area contributed by atoms with Crippen LogP contribution in [0.25, 0.3) is 21.8 Å². The quantitative estimate of drug-likeness (QED) is 0.102. The summed E-state index contributed by atoms with van der Waals surface area (Å²) in [6, 6.07) is 20.6. The zero-order valence-electron chi connectivity index (χ0n) is 25.9. The number of hydrogen-bond donors (Lipinski definition) is 8. The summed E-state index contributed by atoms with van der Waals surface area (Å²) in [5, 5.41) is 34.2. The van der Waals surface area contributed by atoms with Gasteiger partial charge in [-0.2, -0.15) is 25.3 Å². The number of aliphatic carboxylic acids is 2. The number of para-hydroxylation sites is 2. The molecule has 13 heteroatoms. The number of nitrogens with one attached hydrogen (secondary N) is 2. The molecule has 4 rings (SSSR count). The Morgan fingerprint density at radius 2 is 0.953 bits per heavy atom. The van der Waals surface area contributed by atoms with Crippen molar-refractivity contribution in [3.63, 3.8) is 0 Å². The number of aromatic amines is 2. The van der Waals surface area contributed by atoms with Crippen molar-refractivity contribution in [3.05, 3.63) is 73.1 Å². The molecule has 0 amide bonds. The molecule has 0 spiro atoms. The van der Waals surface area contributed by atoms with Crippen molar-refractivity contribution in [1.82, 2.24) is 9.97 Å². The molecule has 0 atom stereocenters. The summed E-state index contributed by atoms with van der Waals surface area (Å²) >= 11 is 7.34. The minimum Gasteiger partial charge on any atom is -2.00 e. The van der Waals surface area contributed by atoms with Crippen molar-refractivity contribution in [2.75, 3.05) is 24.7 Å². The number of aliphatic hydroxyl groups excluding tert-OH is 2. The fourth-order valence-electron chi connectivity index (χ4n) is 2.65. The van der Waals surface area contributed by atoms with Crippen molar-refractivity contribution in [2.45, 2.75) is 52.4 Å². The third-order valence-corrected chi connectivity index (χ3v) is 5.01. The molecular weight excluding hydrogens is 627 g/mol. The van der Waals surface area contributed by atoms with Gasteiger partial charge in [0, 0.05) is 47.8 Å². The molecule has 8 nitrogen and oxygen atoms in total. The normalized spacial score (nSPS) is 8.51. The number of unbranched alkanes of at least 4 members (excludes halogenated alkanes) is 2. The summed E-state index contributed by atoms with van der Waals surface area (Å²) in [6.45, 7) is 4.32. The summed E-state index contributed by atoms with van der Waals surface area (Å²) in [7, 11) is 0. The molecule has 6 N–H and O–H groups in total. The number of benzene rings is 2. The number of carboxylic acids is 2. The molecule has 0 unspecified atom stereocenters. The molecular formula is C30H46N2Na2O6S3. The van der Waals surface area contributed by atoms with Crippen molar-refractivity contribution >= 4 is 72.5 Å². The van der Waals surface area contributed by atoms with Crippen molar-refractivity contribution in [1.29, 1.82) is 0 Å². The van der Waals surface area contributed by atoms with Gasteiger partial charge >= 0.3 is 71.1 Å².